The Balaban J connectivity index is 0.00000264. The Morgan fingerprint density at radius 3 is 2.26 bits per heavy atom. The van der Waals surface area contributed by atoms with Crippen molar-refractivity contribution in [1.29, 1.82) is 0 Å². The van der Waals surface area contributed by atoms with E-state index in [-0.39, 0.29) is 46.6 Å². The molecule has 0 saturated heterocycles. The summed E-state index contributed by atoms with van der Waals surface area (Å²) in [6.45, 7) is 0. The molecule has 0 spiro atoms. The molecule has 118 valence electrons. The molecule has 0 saturated carbocycles. The monoisotopic (exact) mass is 376 g/mol. The molecular weight excluding hydrogens is 372 g/mol. The fourth-order valence-corrected chi connectivity index (χ4v) is 2.76. The second-order valence-corrected chi connectivity index (χ2v) is 5.86. The smallest absolute Gasteiger partial charge is 0.744 e. The SMILES string of the molecule is O=Cc1ccc(-c2cc(C(F)(F)F)c(S(=O)(=O)[O-])cc2Cl)o1.[Na+]. The van der Waals surface area contributed by atoms with Gasteiger partial charge < -0.3 is 8.97 Å². The summed E-state index contributed by atoms with van der Waals surface area (Å²) in [5.74, 6) is -0.326. The zero-order valence-corrected chi connectivity index (χ0v) is 14.9. The molecule has 2 rings (SSSR count). The molecule has 5 nitrogen and oxygen atoms in total. The fraction of sp³-hybridized carbons (Fsp3) is 0.0833. The maximum Gasteiger partial charge on any atom is 1.00 e. The van der Waals surface area contributed by atoms with Crippen LogP contribution in [-0.4, -0.2) is 19.3 Å². The van der Waals surface area contributed by atoms with Crippen LogP contribution < -0.4 is 29.6 Å². The third kappa shape index (κ3) is 4.37. The molecule has 23 heavy (non-hydrogen) atoms. The number of hydrogen-bond acceptors (Lipinski definition) is 5. The third-order valence-electron chi connectivity index (χ3n) is 2.65. The van der Waals surface area contributed by atoms with Gasteiger partial charge in [-0.2, -0.15) is 13.2 Å². The molecular formula is C12H5ClF3NaO5S. The van der Waals surface area contributed by atoms with Gasteiger partial charge in [0, 0.05) is 5.56 Å². The minimum Gasteiger partial charge on any atom is -0.744 e. The summed E-state index contributed by atoms with van der Waals surface area (Å²) < 4.78 is 76.7. The summed E-state index contributed by atoms with van der Waals surface area (Å²) >= 11 is 5.73. The van der Waals surface area contributed by atoms with Gasteiger partial charge in [-0.15, -0.1) is 0 Å². The van der Waals surface area contributed by atoms with Crippen molar-refractivity contribution >= 4 is 28.0 Å². The van der Waals surface area contributed by atoms with Crippen molar-refractivity contribution in [3.8, 4) is 11.3 Å². The summed E-state index contributed by atoms with van der Waals surface area (Å²) in [7, 11) is -5.38. The molecule has 0 fully saturated rings. The Kier molecular flexibility index (Phi) is 6.11. The molecule has 0 radical (unpaired) electrons. The van der Waals surface area contributed by atoms with Gasteiger partial charge in [-0.1, -0.05) is 11.6 Å². The quantitative estimate of drug-likeness (QED) is 0.438. The van der Waals surface area contributed by atoms with Crippen LogP contribution in [0.15, 0.2) is 33.6 Å². The molecule has 1 aromatic heterocycles. The average molecular weight is 377 g/mol. The van der Waals surface area contributed by atoms with E-state index in [0.717, 1.165) is 0 Å². The zero-order chi connectivity index (χ0) is 16.7. The van der Waals surface area contributed by atoms with E-state index in [0.29, 0.717) is 18.4 Å². The minimum atomic E-state index is -5.38. The molecule has 1 heterocycles. The largest absolute Gasteiger partial charge is 1.00 e. The molecule has 0 atom stereocenters. The van der Waals surface area contributed by atoms with Gasteiger partial charge in [-0.25, -0.2) is 8.42 Å². The van der Waals surface area contributed by atoms with Crippen LogP contribution in [0.1, 0.15) is 16.1 Å². The van der Waals surface area contributed by atoms with Crippen LogP contribution in [0.2, 0.25) is 5.02 Å². The van der Waals surface area contributed by atoms with E-state index in [2.05, 4.69) is 0 Å². The van der Waals surface area contributed by atoms with Gasteiger partial charge in [0.1, 0.15) is 15.9 Å². The van der Waals surface area contributed by atoms with Crippen molar-refractivity contribution in [2.45, 2.75) is 11.1 Å². The predicted octanol–water partition coefficient (Wildman–Crippen LogP) is 0.339. The Bertz CT molecular complexity index is 845. The number of carbonyl (C=O) groups excluding carboxylic acids is 1. The van der Waals surface area contributed by atoms with Crippen LogP contribution in [0.4, 0.5) is 13.2 Å². The van der Waals surface area contributed by atoms with Crippen LogP contribution in [-0.2, 0) is 16.3 Å². The van der Waals surface area contributed by atoms with Crippen molar-refractivity contribution in [2.75, 3.05) is 0 Å². The predicted molar refractivity (Wildman–Crippen MR) is 67.5 cm³/mol. The molecule has 0 bridgehead atoms. The fourth-order valence-electron chi connectivity index (χ4n) is 1.73. The van der Waals surface area contributed by atoms with Gasteiger partial charge in [-0.3, -0.25) is 4.79 Å². The number of rotatable bonds is 3. The van der Waals surface area contributed by atoms with Crippen LogP contribution in [0.3, 0.4) is 0 Å². The minimum absolute atomic E-state index is 0. The van der Waals surface area contributed by atoms with E-state index in [9.17, 15) is 30.9 Å². The van der Waals surface area contributed by atoms with Crippen LogP contribution >= 0.6 is 11.6 Å². The normalized spacial score (nSPS) is 11.9. The van der Waals surface area contributed by atoms with Crippen molar-refractivity contribution in [2.24, 2.45) is 0 Å². The average Bonchev–Trinajstić information content (AvgIpc) is 2.84. The molecule has 2 aromatic rings. The Morgan fingerprint density at radius 1 is 1.22 bits per heavy atom. The first-order valence-corrected chi connectivity index (χ1v) is 7.24. The van der Waals surface area contributed by atoms with E-state index < -0.39 is 31.8 Å². The number of furan rings is 1. The summed E-state index contributed by atoms with van der Waals surface area (Å²) in [4.78, 5) is 9.04. The Labute approximate surface area is 155 Å². The first-order valence-electron chi connectivity index (χ1n) is 5.46. The summed E-state index contributed by atoms with van der Waals surface area (Å²) in [6.07, 6.45) is -4.76. The standard InChI is InChI=1S/C12H6ClF3O5S.Na/c13-9-4-11(22(18,19)20)8(12(14,15)16)3-7(9)10-2-1-6(5-17)21-10;/h1-5H,(H,18,19,20);/q;+1/p-1. The molecule has 1 aromatic carbocycles. The van der Waals surface area contributed by atoms with Gasteiger partial charge >= 0.3 is 35.7 Å². The van der Waals surface area contributed by atoms with E-state index >= 15 is 0 Å². The van der Waals surface area contributed by atoms with Gasteiger partial charge in [0.05, 0.1) is 15.5 Å². The summed E-state index contributed by atoms with van der Waals surface area (Å²) in [5, 5.41) is -0.436. The van der Waals surface area contributed by atoms with Crippen LogP contribution in [0.5, 0.6) is 0 Å². The van der Waals surface area contributed by atoms with Gasteiger partial charge in [0.15, 0.2) is 12.0 Å². The molecule has 11 heteroatoms. The number of aldehydes is 1. The molecule has 0 aliphatic rings. The van der Waals surface area contributed by atoms with E-state index in [4.69, 9.17) is 16.0 Å². The second-order valence-electron chi connectivity index (χ2n) is 4.10. The summed E-state index contributed by atoms with van der Waals surface area (Å²) in [6, 6.07) is 3.19. The van der Waals surface area contributed by atoms with Gasteiger partial charge in [-0.05, 0) is 24.3 Å². The van der Waals surface area contributed by atoms with Gasteiger partial charge in [0.25, 0.3) is 0 Å². The van der Waals surface area contributed by atoms with Crippen LogP contribution in [0, 0.1) is 0 Å². The summed E-state index contributed by atoms with van der Waals surface area (Å²) in [5.41, 5.74) is -1.96. The Hall–Kier alpha value is -0.840. The van der Waals surface area contributed by atoms with E-state index in [1.54, 1.807) is 0 Å². The Morgan fingerprint density at radius 2 is 1.83 bits per heavy atom. The maximum absolute atomic E-state index is 12.9. The second kappa shape index (κ2) is 6.96. The topological polar surface area (TPSA) is 87.4 Å². The first-order chi connectivity index (χ1) is 10.0. The number of alkyl halides is 3. The third-order valence-corrected chi connectivity index (χ3v) is 3.84. The molecule has 0 N–H and O–H groups in total. The van der Waals surface area contributed by atoms with Crippen LogP contribution in [0.25, 0.3) is 11.3 Å². The van der Waals surface area contributed by atoms with Crippen molar-refractivity contribution in [1.82, 2.24) is 0 Å². The first kappa shape index (κ1) is 20.2. The van der Waals surface area contributed by atoms with Gasteiger partial charge in [0.2, 0.25) is 0 Å². The van der Waals surface area contributed by atoms with Crippen molar-refractivity contribution in [3.63, 3.8) is 0 Å². The number of halogens is 4. The number of hydrogen-bond donors (Lipinski definition) is 0. The maximum atomic E-state index is 12.9. The van der Waals surface area contributed by atoms with E-state index in [1.807, 2.05) is 0 Å². The van der Waals surface area contributed by atoms with E-state index in [1.165, 1.54) is 12.1 Å². The molecule has 0 amide bonds. The van der Waals surface area contributed by atoms with Crippen molar-refractivity contribution in [3.05, 3.63) is 40.6 Å². The number of benzene rings is 1. The van der Waals surface area contributed by atoms with Crippen molar-refractivity contribution < 1.29 is 64.9 Å². The molecule has 0 unspecified atom stereocenters. The molecule has 0 aliphatic heterocycles. The molecule has 0 aliphatic carbocycles. The zero-order valence-electron chi connectivity index (χ0n) is 11.3. The number of carbonyl (C=O) groups is 1.